The Balaban J connectivity index is 2.13. The van der Waals surface area contributed by atoms with Crippen molar-refractivity contribution in [3.8, 4) is 5.75 Å². The van der Waals surface area contributed by atoms with E-state index in [-0.39, 0.29) is 0 Å². The van der Waals surface area contributed by atoms with E-state index in [9.17, 15) is 5.11 Å². The Kier molecular flexibility index (Phi) is 9.13. The molecule has 0 bridgehead atoms. The largest absolute Gasteiger partial charge is 0.497 e. The van der Waals surface area contributed by atoms with Crippen LogP contribution in [0.4, 0.5) is 0 Å². The molecule has 0 fully saturated rings. The van der Waals surface area contributed by atoms with Gasteiger partial charge in [-0.3, -0.25) is 0 Å². The summed E-state index contributed by atoms with van der Waals surface area (Å²) in [6.07, 6.45) is 1.87. The summed E-state index contributed by atoms with van der Waals surface area (Å²) in [5.74, 6) is 1.56. The van der Waals surface area contributed by atoms with Crippen LogP contribution >= 0.6 is 0 Å². The fraction of sp³-hybridized carbons (Fsp3) is 0.667. The lowest BCUT2D eigenvalue weighted by Gasteiger charge is -2.18. The molecule has 1 aromatic rings. The molecule has 126 valence electrons. The van der Waals surface area contributed by atoms with Gasteiger partial charge in [0.2, 0.25) is 0 Å². The number of ether oxygens (including phenoxy) is 2. The van der Waals surface area contributed by atoms with E-state index in [0.29, 0.717) is 25.8 Å². The highest BCUT2D eigenvalue weighted by Crippen LogP contribution is 2.12. The SMILES string of the molecule is COc1ccc(COC[C@H](O)CN[C@H](C)CCC(C)C)cc1. The van der Waals surface area contributed by atoms with Crippen LogP contribution in [0.15, 0.2) is 24.3 Å². The molecule has 0 radical (unpaired) electrons. The van der Waals surface area contributed by atoms with Crippen LogP contribution in [0.5, 0.6) is 5.75 Å². The van der Waals surface area contributed by atoms with Gasteiger partial charge in [0.1, 0.15) is 5.75 Å². The van der Waals surface area contributed by atoms with Crippen LogP contribution in [-0.2, 0) is 11.3 Å². The van der Waals surface area contributed by atoms with Crippen LogP contribution in [0.3, 0.4) is 0 Å². The Morgan fingerprint density at radius 1 is 1.09 bits per heavy atom. The van der Waals surface area contributed by atoms with Gasteiger partial charge in [-0.15, -0.1) is 0 Å². The maximum Gasteiger partial charge on any atom is 0.118 e. The molecule has 0 saturated heterocycles. The Labute approximate surface area is 134 Å². The lowest BCUT2D eigenvalue weighted by Crippen LogP contribution is -2.36. The standard InChI is InChI=1S/C18H31NO3/c1-14(2)5-6-15(3)19-11-17(20)13-22-12-16-7-9-18(21-4)10-8-16/h7-10,14-15,17,19-20H,5-6,11-13H2,1-4H3/t15-,17-/m1/s1. The summed E-state index contributed by atoms with van der Waals surface area (Å²) in [6.45, 7) is 8.04. The zero-order chi connectivity index (χ0) is 16.4. The summed E-state index contributed by atoms with van der Waals surface area (Å²) >= 11 is 0. The van der Waals surface area contributed by atoms with Crippen molar-refractivity contribution in [2.75, 3.05) is 20.3 Å². The minimum Gasteiger partial charge on any atom is -0.497 e. The van der Waals surface area contributed by atoms with Crippen LogP contribution in [0.25, 0.3) is 0 Å². The van der Waals surface area contributed by atoms with E-state index in [1.807, 2.05) is 24.3 Å². The van der Waals surface area contributed by atoms with Gasteiger partial charge in [0.05, 0.1) is 26.4 Å². The zero-order valence-corrected chi connectivity index (χ0v) is 14.3. The minimum atomic E-state index is -0.472. The van der Waals surface area contributed by atoms with E-state index < -0.39 is 6.10 Å². The highest BCUT2D eigenvalue weighted by molar-refractivity contribution is 5.26. The van der Waals surface area contributed by atoms with Gasteiger partial charge in [0, 0.05) is 12.6 Å². The number of nitrogens with one attached hydrogen (secondary N) is 1. The maximum absolute atomic E-state index is 9.93. The third-order valence-electron chi connectivity index (χ3n) is 3.62. The average Bonchev–Trinajstić information content (AvgIpc) is 2.51. The van der Waals surface area contributed by atoms with Gasteiger partial charge in [-0.05, 0) is 43.4 Å². The van der Waals surface area contributed by atoms with Crippen molar-refractivity contribution in [3.63, 3.8) is 0 Å². The molecule has 4 nitrogen and oxygen atoms in total. The molecule has 0 aliphatic heterocycles. The zero-order valence-electron chi connectivity index (χ0n) is 14.3. The molecule has 2 atom stereocenters. The summed E-state index contributed by atoms with van der Waals surface area (Å²) in [7, 11) is 1.65. The third-order valence-corrected chi connectivity index (χ3v) is 3.62. The van der Waals surface area contributed by atoms with Gasteiger partial charge in [-0.1, -0.05) is 26.0 Å². The Bertz CT molecular complexity index is 392. The van der Waals surface area contributed by atoms with Crippen molar-refractivity contribution in [3.05, 3.63) is 29.8 Å². The van der Waals surface area contributed by atoms with E-state index in [0.717, 1.165) is 23.7 Å². The molecule has 4 heteroatoms. The molecule has 0 heterocycles. The smallest absolute Gasteiger partial charge is 0.118 e. The van der Waals surface area contributed by atoms with Gasteiger partial charge in [0.25, 0.3) is 0 Å². The minimum absolute atomic E-state index is 0.343. The molecule has 1 aromatic carbocycles. The molecule has 0 aliphatic rings. The number of hydrogen-bond donors (Lipinski definition) is 2. The fourth-order valence-electron chi connectivity index (χ4n) is 2.12. The quantitative estimate of drug-likeness (QED) is 0.660. The second-order valence-electron chi connectivity index (χ2n) is 6.30. The predicted molar refractivity (Wildman–Crippen MR) is 90.2 cm³/mol. The molecule has 0 aromatic heterocycles. The molecule has 1 rings (SSSR count). The topological polar surface area (TPSA) is 50.7 Å². The summed E-state index contributed by atoms with van der Waals surface area (Å²) < 4.78 is 10.7. The first-order valence-electron chi connectivity index (χ1n) is 8.13. The van der Waals surface area contributed by atoms with Gasteiger partial charge in [-0.2, -0.15) is 0 Å². The van der Waals surface area contributed by atoms with Crippen molar-refractivity contribution < 1.29 is 14.6 Å². The van der Waals surface area contributed by atoms with E-state index >= 15 is 0 Å². The monoisotopic (exact) mass is 309 g/mol. The highest BCUT2D eigenvalue weighted by atomic mass is 16.5. The van der Waals surface area contributed by atoms with Crippen LogP contribution < -0.4 is 10.1 Å². The molecule has 2 N–H and O–H groups in total. The first-order valence-corrected chi connectivity index (χ1v) is 8.13. The third kappa shape index (κ3) is 8.37. The Morgan fingerprint density at radius 3 is 2.36 bits per heavy atom. The second kappa shape index (κ2) is 10.6. The molecule has 0 aliphatic carbocycles. The molecule has 0 unspecified atom stereocenters. The van der Waals surface area contributed by atoms with Crippen molar-refractivity contribution >= 4 is 0 Å². The van der Waals surface area contributed by atoms with Gasteiger partial charge in [0.15, 0.2) is 0 Å². The van der Waals surface area contributed by atoms with Gasteiger partial charge < -0.3 is 19.9 Å². The van der Waals surface area contributed by atoms with Crippen molar-refractivity contribution in [1.82, 2.24) is 5.32 Å². The van der Waals surface area contributed by atoms with Crippen molar-refractivity contribution in [1.29, 1.82) is 0 Å². The Morgan fingerprint density at radius 2 is 1.77 bits per heavy atom. The molecular formula is C18H31NO3. The Hall–Kier alpha value is -1.10. The maximum atomic E-state index is 9.93. The second-order valence-corrected chi connectivity index (χ2v) is 6.30. The number of rotatable bonds is 11. The molecular weight excluding hydrogens is 278 g/mol. The number of aliphatic hydroxyl groups excluding tert-OH is 1. The average molecular weight is 309 g/mol. The number of hydrogen-bond acceptors (Lipinski definition) is 4. The van der Waals surface area contributed by atoms with E-state index in [1.165, 1.54) is 6.42 Å². The fourth-order valence-corrected chi connectivity index (χ4v) is 2.12. The van der Waals surface area contributed by atoms with E-state index in [2.05, 4.69) is 26.1 Å². The van der Waals surface area contributed by atoms with Crippen molar-refractivity contribution in [2.45, 2.75) is 52.4 Å². The first-order chi connectivity index (χ1) is 10.5. The molecule has 0 saturated carbocycles. The molecule has 22 heavy (non-hydrogen) atoms. The molecule has 0 spiro atoms. The normalized spacial score (nSPS) is 14.1. The van der Waals surface area contributed by atoms with Crippen LogP contribution in [-0.4, -0.2) is 37.5 Å². The van der Waals surface area contributed by atoms with Crippen LogP contribution in [0.1, 0.15) is 39.2 Å². The lowest BCUT2D eigenvalue weighted by molar-refractivity contribution is 0.0276. The lowest BCUT2D eigenvalue weighted by atomic mass is 10.0. The summed E-state index contributed by atoms with van der Waals surface area (Å²) in [5.41, 5.74) is 1.08. The number of aliphatic hydroxyl groups is 1. The predicted octanol–water partition coefficient (Wildman–Crippen LogP) is 2.99. The summed E-state index contributed by atoms with van der Waals surface area (Å²) in [4.78, 5) is 0. The summed E-state index contributed by atoms with van der Waals surface area (Å²) in [5, 5.41) is 13.3. The number of benzene rings is 1. The number of methoxy groups -OCH3 is 1. The van der Waals surface area contributed by atoms with Crippen LogP contribution in [0.2, 0.25) is 0 Å². The summed E-state index contributed by atoms with van der Waals surface area (Å²) in [6, 6.07) is 8.19. The van der Waals surface area contributed by atoms with E-state index in [4.69, 9.17) is 9.47 Å². The highest BCUT2D eigenvalue weighted by Gasteiger charge is 2.08. The van der Waals surface area contributed by atoms with Gasteiger partial charge >= 0.3 is 0 Å². The van der Waals surface area contributed by atoms with E-state index in [1.54, 1.807) is 7.11 Å². The first kappa shape index (κ1) is 18.9. The van der Waals surface area contributed by atoms with Crippen molar-refractivity contribution in [2.24, 2.45) is 5.92 Å². The molecule has 0 amide bonds. The van der Waals surface area contributed by atoms with Gasteiger partial charge in [-0.25, -0.2) is 0 Å². The van der Waals surface area contributed by atoms with Crippen LogP contribution in [0, 0.1) is 5.92 Å².